The van der Waals surface area contributed by atoms with E-state index in [1.54, 1.807) is 24.3 Å². The van der Waals surface area contributed by atoms with Gasteiger partial charge in [0.1, 0.15) is 11.9 Å². The lowest BCUT2D eigenvalue weighted by Gasteiger charge is -2.44. The average molecular weight is 398 g/mol. The molecule has 2 aromatic rings. The lowest BCUT2D eigenvalue weighted by Crippen LogP contribution is -2.52. The molecule has 3 saturated heterocycles. The van der Waals surface area contributed by atoms with E-state index in [0.29, 0.717) is 17.2 Å². The highest BCUT2D eigenvalue weighted by Gasteiger charge is 2.37. The third kappa shape index (κ3) is 4.40. The van der Waals surface area contributed by atoms with Crippen molar-refractivity contribution in [2.75, 3.05) is 25.0 Å². The van der Waals surface area contributed by atoms with Crippen molar-refractivity contribution in [3.05, 3.63) is 65.5 Å². The van der Waals surface area contributed by atoms with Crippen LogP contribution in [0.3, 0.4) is 0 Å². The topological polar surface area (TPSA) is 78.9 Å². The van der Waals surface area contributed by atoms with E-state index in [1.165, 1.54) is 24.3 Å². The molecule has 5 rings (SSSR count). The maximum absolute atomic E-state index is 13.4. The predicted octanol–water partition coefficient (Wildman–Crippen LogP) is 3.31. The van der Waals surface area contributed by atoms with Gasteiger partial charge >= 0.3 is 11.9 Å². The normalized spacial score (nSPS) is 24.0. The van der Waals surface area contributed by atoms with E-state index in [-0.39, 0.29) is 17.5 Å². The molecule has 2 aromatic carbocycles. The summed E-state index contributed by atoms with van der Waals surface area (Å²) in [7, 11) is 0. The largest absolute Gasteiger partial charge is 0.478 e. The first kappa shape index (κ1) is 19.4. The van der Waals surface area contributed by atoms with Crippen molar-refractivity contribution in [2.24, 2.45) is 5.92 Å². The number of anilines is 1. The zero-order valence-electron chi connectivity index (χ0n) is 15.9. The van der Waals surface area contributed by atoms with E-state index >= 15 is 0 Å². The number of hydrogen-bond acceptors (Lipinski definition) is 5. The fraction of sp³-hybridized carbons (Fsp3) is 0.364. The second kappa shape index (κ2) is 8.21. The van der Waals surface area contributed by atoms with E-state index in [0.717, 1.165) is 32.5 Å². The van der Waals surface area contributed by atoms with Gasteiger partial charge in [0.25, 0.3) is 0 Å². The van der Waals surface area contributed by atoms with Crippen LogP contribution in [0.2, 0.25) is 0 Å². The van der Waals surface area contributed by atoms with Gasteiger partial charge in [-0.1, -0.05) is 12.1 Å². The van der Waals surface area contributed by atoms with Crippen LogP contribution in [0.15, 0.2) is 48.5 Å². The van der Waals surface area contributed by atoms with Crippen LogP contribution >= 0.6 is 0 Å². The van der Waals surface area contributed by atoms with Gasteiger partial charge in [-0.05, 0) is 73.8 Å². The molecular weight excluding hydrogens is 375 g/mol. The molecule has 3 aliphatic heterocycles. The van der Waals surface area contributed by atoms with E-state index in [4.69, 9.17) is 9.84 Å². The molecule has 29 heavy (non-hydrogen) atoms. The number of hydrogen-bond donors (Lipinski definition) is 2. The number of esters is 1. The van der Waals surface area contributed by atoms with Crippen LogP contribution in [0.5, 0.6) is 0 Å². The molecule has 3 heterocycles. The quantitative estimate of drug-likeness (QED) is 0.727. The Labute approximate surface area is 168 Å². The minimum atomic E-state index is -1.02. The van der Waals surface area contributed by atoms with Gasteiger partial charge in [-0.3, -0.25) is 4.90 Å². The Morgan fingerprint density at radius 3 is 2.28 bits per heavy atom. The predicted molar refractivity (Wildman–Crippen MR) is 105 cm³/mol. The second-order valence-electron chi connectivity index (χ2n) is 7.62. The van der Waals surface area contributed by atoms with Gasteiger partial charge in [-0.25, -0.2) is 14.0 Å². The van der Waals surface area contributed by atoms with Crippen LogP contribution in [-0.4, -0.2) is 47.7 Å². The Bertz CT molecular complexity index is 877. The number of ether oxygens (including phenoxy) is 1. The highest BCUT2D eigenvalue weighted by Crippen LogP contribution is 2.31. The summed E-state index contributed by atoms with van der Waals surface area (Å²) in [5, 5.41) is 12.2. The molecule has 0 radical (unpaired) electrons. The molecule has 2 N–H and O–H groups in total. The molecule has 0 aliphatic carbocycles. The maximum atomic E-state index is 13.4. The lowest BCUT2D eigenvalue weighted by molar-refractivity contribution is -0.159. The van der Waals surface area contributed by atoms with Crippen LogP contribution in [0.25, 0.3) is 0 Å². The number of nitrogens with one attached hydrogen (secondary N) is 1. The number of benzene rings is 2. The van der Waals surface area contributed by atoms with Crippen LogP contribution in [0.4, 0.5) is 10.1 Å². The van der Waals surface area contributed by atoms with Crippen LogP contribution < -0.4 is 5.32 Å². The van der Waals surface area contributed by atoms with Crippen molar-refractivity contribution in [3.8, 4) is 0 Å². The third-order valence-electron chi connectivity index (χ3n) is 5.75. The summed E-state index contributed by atoms with van der Waals surface area (Å²) in [4.78, 5) is 26.4. The average Bonchev–Trinajstić information content (AvgIpc) is 2.74. The molecule has 3 fully saturated rings. The van der Waals surface area contributed by atoms with Crippen molar-refractivity contribution in [2.45, 2.75) is 25.0 Å². The van der Waals surface area contributed by atoms with Gasteiger partial charge in [0.05, 0.1) is 5.56 Å². The molecule has 152 valence electrons. The molecule has 0 amide bonds. The Balaban J connectivity index is 1.53. The number of piperidine rings is 3. The van der Waals surface area contributed by atoms with E-state index in [9.17, 15) is 14.0 Å². The number of rotatable bonds is 6. The third-order valence-corrected chi connectivity index (χ3v) is 5.75. The summed E-state index contributed by atoms with van der Waals surface area (Å²) in [5.41, 5.74) is 1.32. The number of carboxylic acids is 1. The van der Waals surface area contributed by atoms with Crippen LogP contribution in [0, 0.1) is 11.7 Å². The SMILES string of the molecule is O=C(O)c1ccc(NC(C(=O)O[C@H]2CN3CCC2CC3)c2ccc(F)cc2)cc1. The molecule has 2 atom stereocenters. The molecule has 7 heteroatoms. The summed E-state index contributed by atoms with van der Waals surface area (Å²) >= 11 is 0. The molecule has 1 unspecified atom stereocenters. The number of carbonyl (C=O) groups excluding carboxylic acids is 1. The lowest BCUT2D eigenvalue weighted by atomic mass is 9.86. The molecule has 6 nitrogen and oxygen atoms in total. The van der Waals surface area contributed by atoms with Gasteiger partial charge in [0.2, 0.25) is 0 Å². The first-order chi connectivity index (χ1) is 14.0. The van der Waals surface area contributed by atoms with Gasteiger partial charge in [0.15, 0.2) is 6.04 Å². The maximum Gasteiger partial charge on any atom is 0.335 e. The summed E-state index contributed by atoms with van der Waals surface area (Å²) < 4.78 is 19.3. The number of nitrogens with zero attached hydrogens (tertiary/aromatic N) is 1. The minimum absolute atomic E-state index is 0.135. The Hall–Kier alpha value is -2.93. The Kier molecular flexibility index (Phi) is 5.49. The molecule has 2 bridgehead atoms. The fourth-order valence-corrected chi connectivity index (χ4v) is 4.07. The van der Waals surface area contributed by atoms with E-state index < -0.39 is 18.0 Å². The van der Waals surface area contributed by atoms with Crippen molar-refractivity contribution in [1.29, 1.82) is 0 Å². The van der Waals surface area contributed by atoms with Gasteiger partial charge in [-0.2, -0.15) is 0 Å². The Morgan fingerprint density at radius 1 is 1.07 bits per heavy atom. The monoisotopic (exact) mass is 398 g/mol. The van der Waals surface area contributed by atoms with E-state index in [2.05, 4.69) is 10.2 Å². The minimum Gasteiger partial charge on any atom is -0.478 e. The molecule has 0 aromatic heterocycles. The van der Waals surface area contributed by atoms with Crippen molar-refractivity contribution in [3.63, 3.8) is 0 Å². The zero-order chi connectivity index (χ0) is 20.4. The second-order valence-corrected chi connectivity index (χ2v) is 7.62. The number of carbonyl (C=O) groups is 2. The molecule has 3 aliphatic rings. The van der Waals surface area contributed by atoms with Gasteiger partial charge < -0.3 is 15.2 Å². The molecule has 0 saturated carbocycles. The van der Waals surface area contributed by atoms with Crippen molar-refractivity contribution >= 4 is 17.6 Å². The summed E-state index contributed by atoms with van der Waals surface area (Å²) in [6.45, 7) is 2.85. The fourth-order valence-electron chi connectivity index (χ4n) is 4.07. The number of fused-ring (bicyclic) bond motifs is 3. The number of aromatic carboxylic acids is 1. The van der Waals surface area contributed by atoms with Crippen molar-refractivity contribution in [1.82, 2.24) is 4.90 Å². The van der Waals surface area contributed by atoms with Crippen molar-refractivity contribution < 1.29 is 23.8 Å². The highest BCUT2D eigenvalue weighted by atomic mass is 19.1. The van der Waals surface area contributed by atoms with Crippen LogP contribution in [-0.2, 0) is 9.53 Å². The highest BCUT2D eigenvalue weighted by molar-refractivity contribution is 5.88. The molecular formula is C22H23FN2O4. The van der Waals surface area contributed by atoms with Gasteiger partial charge in [-0.15, -0.1) is 0 Å². The molecule has 0 spiro atoms. The summed E-state index contributed by atoms with van der Waals surface area (Å²) in [5.74, 6) is -1.44. The summed E-state index contributed by atoms with van der Waals surface area (Å²) in [6, 6.07) is 11.0. The number of carboxylic acid groups (broad SMARTS) is 1. The van der Waals surface area contributed by atoms with E-state index in [1.807, 2.05) is 0 Å². The van der Waals surface area contributed by atoms with Gasteiger partial charge in [0, 0.05) is 12.2 Å². The Morgan fingerprint density at radius 2 is 1.72 bits per heavy atom. The zero-order valence-corrected chi connectivity index (χ0v) is 15.9. The first-order valence-corrected chi connectivity index (χ1v) is 9.78. The summed E-state index contributed by atoms with van der Waals surface area (Å²) in [6.07, 6.45) is 1.93. The number of halogens is 1. The smallest absolute Gasteiger partial charge is 0.335 e. The standard InChI is InChI=1S/C22H23FN2O4/c23-17-5-1-15(2-6-17)20(24-18-7-3-16(4-8-18)21(26)27)22(28)29-19-13-25-11-9-14(19)10-12-25/h1-8,14,19-20,24H,9-13H2,(H,26,27)/t19-,20?/m0/s1. The van der Waals surface area contributed by atoms with Crippen LogP contribution in [0.1, 0.15) is 34.8 Å². The first-order valence-electron chi connectivity index (χ1n) is 9.78.